The molecule has 0 spiro atoms. The zero-order valence-electron chi connectivity index (χ0n) is 6.64. The molecule has 0 bridgehead atoms. The molecule has 2 atom stereocenters. The van der Waals surface area contributed by atoms with E-state index in [1.54, 1.807) is 0 Å². The molecule has 1 aliphatic heterocycles. The maximum absolute atomic E-state index is 12.8. The van der Waals surface area contributed by atoms with E-state index in [-0.39, 0.29) is 5.82 Å². The van der Waals surface area contributed by atoms with Gasteiger partial charge >= 0.3 is 0 Å². The topological polar surface area (TPSA) is 12.0 Å². The Bertz CT molecular complexity index is 313. The highest BCUT2D eigenvalue weighted by Crippen LogP contribution is 2.39. The largest absolute Gasteiger partial charge is 0.381 e. The fourth-order valence-electron chi connectivity index (χ4n) is 1.48. The van der Waals surface area contributed by atoms with Crippen LogP contribution in [0.25, 0.3) is 0 Å². The number of benzene rings is 1. The summed E-state index contributed by atoms with van der Waals surface area (Å²) in [5, 5.41) is 3.20. The Morgan fingerprint density at radius 2 is 2.25 bits per heavy atom. The maximum atomic E-state index is 12.8. The number of nitrogens with one attached hydrogen (secondary N) is 1. The fraction of sp³-hybridized carbons (Fsp3) is 0.333. The van der Waals surface area contributed by atoms with Gasteiger partial charge in [-0.2, -0.15) is 0 Å². The minimum Gasteiger partial charge on any atom is -0.381 e. The van der Waals surface area contributed by atoms with Gasteiger partial charge in [0.25, 0.3) is 0 Å². The third kappa shape index (κ3) is 1.12. The van der Waals surface area contributed by atoms with Crippen molar-refractivity contribution >= 4 is 21.6 Å². The van der Waals surface area contributed by atoms with Crippen molar-refractivity contribution in [3.63, 3.8) is 0 Å². The zero-order chi connectivity index (χ0) is 8.72. The molecule has 12 heavy (non-hydrogen) atoms. The molecule has 0 aromatic heterocycles. The number of hydrogen-bond donors (Lipinski definition) is 1. The average Bonchev–Trinajstić information content (AvgIpc) is 2.28. The van der Waals surface area contributed by atoms with Crippen molar-refractivity contribution in [1.82, 2.24) is 0 Å². The quantitative estimate of drug-likeness (QED) is 0.675. The van der Waals surface area contributed by atoms with E-state index in [1.807, 2.05) is 6.07 Å². The molecular formula is C9H9BrFN. The first-order valence-corrected chi connectivity index (χ1v) is 4.80. The molecule has 1 aromatic rings. The van der Waals surface area contributed by atoms with E-state index < -0.39 is 0 Å². The molecule has 0 aliphatic carbocycles. The van der Waals surface area contributed by atoms with Gasteiger partial charge in [-0.05, 0) is 24.6 Å². The van der Waals surface area contributed by atoms with Gasteiger partial charge in [-0.1, -0.05) is 22.0 Å². The summed E-state index contributed by atoms with van der Waals surface area (Å²) >= 11 is 3.54. The Morgan fingerprint density at radius 1 is 1.50 bits per heavy atom. The van der Waals surface area contributed by atoms with Crippen LogP contribution in [0.15, 0.2) is 18.2 Å². The molecule has 0 amide bonds. The molecule has 0 saturated carbocycles. The first-order chi connectivity index (χ1) is 5.68. The molecule has 1 aromatic carbocycles. The number of rotatable bonds is 0. The van der Waals surface area contributed by atoms with E-state index in [2.05, 4.69) is 28.2 Å². The van der Waals surface area contributed by atoms with E-state index in [0.717, 1.165) is 11.3 Å². The summed E-state index contributed by atoms with van der Waals surface area (Å²) in [5.41, 5.74) is 2.05. The summed E-state index contributed by atoms with van der Waals surface area (Å²) in [6.07, 6.45) is 0. The second-order valence-corrected chi connectivity index (χ2v) is 4.05. The van der Waals surface area contributed by atoms with Crippen LogP contribution in [-0.4, -0.2) is 6.04 Å². The lowest BCUT2D eigenvalue weighted by Gasteiger charge is -2.06. The highest BCUT2D eigenvalue weighted by Gasteiger charge is 2.26. The molecule has 0 radical (unpaired) electrons. The number of fused-ring (bicyclic) bond motifs is 1. The van der Waals surface area contributed by atoms with Crippen molar-refractivity contribution < 1.29 is 4.39 Å². The molecule has 3 heteroatoms. The molecule has 1 N–H and O–H groups in total. The fourth-order valence-corrected chi connectivity index (χ4v) is 2.01. The van der Waals surface area contributed by atoms with Crippen molar-refractivity contribution in [2.24, 2.45) is 0 Å². The molecule has 0 saturated heterocycles. The molecule has 1 aliphatic rings. The number of halogens is 2. The van der Waals surface area contributed by atoms with Gasteiger partial charge in [0.05, 0.1) is 4.83 Å². The van der Waals surface area contributed by atoms with Gasteiger partial charge in [0.15, 0.2) is 0 Å². The van der Waals surface area contributed by atoms with Gasteiger partial charge < -0.3 is 5.32 Å². The van der Waals surface area contributed by atoms with Crippen LogP contribution in [0.3, 0.4) is 0 Å². The Kier molecular flexibility index (Phi) is 1.83. The molecular weight excluding hydrogens is 221 g/mol. The van der Waals surface area contributed by atoms with E-state index in [0.29, 0.717) is 10.9 Å². The predicted octanol–water partition coefficient (Wildman–Crippen LogP) is 3.08. The van der Waals surface area contributed by atoms with Crippen molar-refractivity contribution in [1.29, 1.82) is 0 Å². The molecule has 1 nitrogen and oxygen atoms in total. The van der Waals surface area contributed by atoms with Crippen LogP contribution >= 0.6 is 15.9 Å². The summed E-state index contributed by atoms with van der Waals surface area (Å²) in [7, 11) is 0. The third-order valence-electron chi connectivity index (χ3n) is 2.13. The van der Waals surface area contributed by atoms with E-state index in [9.17, 15) is 4.39 Å². The second kappa shape index (κ2) is 2.73. The predicted molar refractivity (Wildman–Crippen MR) is 51.2 cm³/mol. The minimum atomic E-state index is -0.185. The molecule has 1 heterocycles. The summed E-state index contributed by atoms with van der Waals surface area (Å²) in [6.45, 7) is 2.07. The van der Waals surface area contributed by atoms with Crippen LogP contribution in [0.4, 0.5) is 10.1 Å². The van der Waals surface area contributed by atoms with E-state index in [4.69, 9.17) is 0 Å². The summed E-state index contributed by atoms with van der Waals surface area (Å²) in [6, 6.07) is 5.18. The lowest BCUT2D eigenvalue weighted by Crippen LogP contribution is -2.10. The maximum Gasteiger partial charge on any atom is 0.125 e. The van der Waals surface area contributed by atoms with Crippen LogP contribution in [0.2, 0.25) is 0 Å². The molecule has 0 fully saturated rings. The van der Waals surface area contributed by atoms with E-state index >= 15 is 0 Å². The lowest BCUT2D eigenvalue weighted by molar-refractivity contribution is 0.628. The normalized spacial score (nSPS) is 26.6. The van der Waals surface area contributed by atoms with Gasteiger partial charge in [-0.3, -0.25) is 0 Å². The van der Waals surface area contributed by atoms with Gasteiger partial charge in [0.1, 0.15) is 5.82 Å². The zero-order valence-corrected chi connectivity index (χ0v) is 8.23. The molecule has 64 valence electrons. The Labute approximate surface area is 79.1 Å². The van der Waals surface area contributed by atoms with Crippen LogP contribution in [0, 0.1) is 5.82 Å². The van der Waals surface area contributed by atoms with Crippen molar-refractivity contribution in [2.45, 2.75) is 17.8 Å². The second-order valence-electron chi connectivity index (χ2n) is 3.07. The third-order valence-corrected chi connectivity index (χ3v) is 3.42. The smallest absolute Gasteiger partial charge is 0.125 e. The Morgan fingerprint density at radius 3 is 3.00 bits per heavy atom. The first-order valence-electron chi connectivity index (χ1n) is 3.88. The van der Waals surface area contributed by atoms with Gasteiger partial charge in [-0.15, -0.1) is 0 Å². The van der Waals surface area contributed by atoms with Gasteiger partial charge in [-0.25, -0.2) is 4.39 Å². The standard InChI is InChI=1S/C9H9BrFN/c1-5-9(10)7-3-2-6(11)4-8(7)12-5/h2-5,9,12H,1H3. The van der Waals surface area contributed by atoms with Gasteiger partial charge in [0.2, 0.25) is 0 Å². The SMILES string of the molecule is CC1Nc2cc(F)ccc2C1Br. The highest BCUT2D eigenvalue weighted by atomic mass is 79.9. The molecule has 2 rings (SSSR count). The monoisotopic (exact) mass is 229 g/mol. The van der Waals surface area contributed by atoms with Crippen molar-refractivity contribution in [2.75, 3.05) is 5.32 Å². The number of alkyl halides is 1. The minimum absolute atomic E-state index is 0.185. The Hall–Kier alpha value is -0.570. The average molecular weight is 230 g/mol. The van der Waals surface area contributed by atoms with E-state index in [1.165, 1.54) is 12.1 Å². The highest BCUT2D eigenvalue weighted by molar-refractivity contribution is 9.09. The number of anilines is 1. The lowest BCUT2D eigenvalue weighted by atomic mass is 10.1. The number of hydrogen-bond acceptors (Lipinski definition) is 1. The van der Waals surface area contributed by atoms with Crippen LogP contribution in [0.1, 0.15) is 17.3 Å². The first kappa shape index (κ1) is 8.05. The summed E-state index contributed by atoms with van der Waals surface area (Å²) in [4.78, 5) is 0.299. The van der Waals surface area contributed by atoms with Gasteiger partial charge in [0, 0.05) is 11.7 Å². The van der Waals surface area contributed by atoms with Crippen LogP contribution in [-0.2, 0) is 0 Å². The van der Waals surface area contributed by atoms with Crippen molar-refractivity contribution in [3.8, 4) is 0 Å². The Balaban J connectivity index is 2.47. The van der Waals surface area contributed by atoms with Crippen LogP contribution < -0.4 is 5.32 Å². The van der Waals surface area contributed by atoms with Crippen LogP contribution in [0.5, 0.6) is 0 Å². The van der Waals surface area contributed by atoms with Crippen molar-refractivity contribution in [3.05, 3.63) is 29.6 Å². The molecule has 2 unspecified atom stereocenters. The summed E-state index contributed by atoms with van der Waals surface area (Å²) in [5.74, 6) is -0.185. The summed E-state index contributed by atoms with van der Waals surface area (Å²) < 4.78 is 12.8.